The molecular weight excluding hydrogens is 285 g/mol. The highest BCUT2D eigenvalue weighted by Crippen LogP contribution is 2.30. The molecule has 1 fully saturated rings. The molecule has 18 heavy (non-hydrogen) atoms. The van der Waals surface area contributed by atoms with Gasteiger partial charge < -0.3 is 5.32 Å². The van der Waals surface area contributed by atoms with E-state index in [-0.39, 0.29) is 0 Å². The van der Waals surface area contributed by atoms with Crippen molar-refractivity contribution >= 4 is 35.0 Å². The number of halogens is 2. The average Bonchev–Trinajstić information content (AvgIpc) is 2.74. The molecule has 0 amide bonds. The SMILES string of the molecule is CCSC1CCC(NCc2cc(Cl)cc(Cl)c2)C1. The van der Waals surface area contributed by atoms with E-state index >= 15 is 0 Å². The van der Waals surface area contributed by atoms with Crippen LogP contribution in [0, 0.1) is 0 Å². The van der Waals surface area contributed by atoms with Gasteiger partial charge in [-0.05, 0) is 48.8 Å². The van der Waals surface area contributed by atoms with Crippen LogP contribution < -0.4 is 5.32 Å². The van der Waals surface area contributed by atoms with Crippen molar-refractivity contribution in [2.45, 2.75) is 44.0 Å². The molecule has 4 heteroatoms. The van der Waals surface area contributed by atoms with Crippen molar-refractivity contribution in [3.63, 3.8) is 0 Å². The van der Waals surface area contributed by atoms with Crippen LogP contribution in [0.3, 0.4) is 0 Å². The first-order chi connectivity index (χ1) is 8.67. The van der Waals surface area contributed by atoms with Crippen LogP contribution in [0.1, 0.15) is 31.7 Å². The first-order valence-electron chi connectivity index (χ1n) is 6.47. The van der Waals surface area contributed by atoms with Crippen LogP contribution in [-0.4, -0.2) is 17.0 Å². The molecule has 1 aromatic rings. The minimum atomic E-state index is 0.645. The number of hydrogen-bond acceptors (Lipinski definition) is 2. The Kier molecular flexibility index (Phi) is 5.68. The molecule has 1 aliphatic carbocycles. The van der Waals surface area contributed by atoms with Crippen LogP contribution in [0.5, 0.6) is 0 Å². The summed E-state index contributed by atoms with van der Waals surface area (Å²) in [7, 11) is 0. The number of hydrogen-bond donors (Lipinski definition) is 1. The van der Waals surface area contributed by atoms with Gasteiger partial charge in [-0.3, -0.25) is 0 Å². The fourth-order valence-electron chi connectivity index (χ4n) is 2.49. The third kappa shape index (κ3) is 4.34. The number of thioether (sulfide) groups is 1. The Hall–Kier alpha value is 0.110. The minimum absolute atomic E-state index is 0.645. The number of rotatable bonds is 5. The second-order valence-corrected chi connectivity index (χ2v) is 7.20. The van der Waals surface area contributed by atoms with E-state index in [1.165, 1.54) is 30.6 Å². The highest BCUT2D eigenvalue weighted by atomic mass is 35.5. The number of benzene rings is 1. The monoisotopic (exact) mass is 303 g/mol. The van der Waals surface area contributed by atoms with Gasteiger partial charge in [0.1, 0.15) is 0 Å². The standard InChI is InChI=1S/C14H19Cl2NS/c1-2-18-14-4-3-13(8-14)17-9-10-5-11(15)7-12(16)6-10/h5-7,13-14,17H,2-4,8-9H2,1H3. The van der Waals surface area contributed by atoms with Crippen molar-refractivity contribution in [3.05, 3.63) is 33.8 Å². The largest absolute Gasteiger partial charge is 0.310 e. The zero-order valence-electron chi connectivity index (χ0n) is 10.6. The summed E-state index contributed by atoms with van der Waals surface area (Å²) < 4.78 is 0. The third-order valence-electron chi connectivity index (χ3n) is 3.30. The molecular formula is C14H19Cl2NS. The second kappa shape index (κ2) is 7.04. The Balaban J connectivity index is 1.81. The minimum Gasteiger partial charge on any atom is -0.310 e. The maximum absolute atomic E-state index is 5.99. The van der Waals surface area contributed by atoms with Crippen molar-refractivity contribution < 1.29 is 0 Å². The van der Waals surface area contributed by atoms with Crippen molar-refractivity contribution in [1.29, 1.82) is 0 Å². The van der Waals surface area contributed by atoms with E-state index in [0.29, 0.717) is 16.1 Å². The van der Waals surface area contributed by atoms with Crippen LogP contribution >= 0.6 is 35.0 Å². The summed E-state index contributed by atoms with van der Waals surface area (Å²) in [5.41, 5.74) is 1.17. The lowest BCUT2D eigenvalue weighted by Gasteiger charge is -2.13. The summed E-state index contributed by atoms with van der Waals surface area (Å²) in [5, 5.41) is 5.88. The molecule has 0 saturated heterocycles. The zero-order valence-corrected chi connectivity index (χ0v) is 12.9. The van der Waals surface area contributed by atoms with Crippen LogP contribution in [0.15, 0.2) is 18.2 Å². The van der Waals surface area contributed by atoms with Gasteiger partial charge in [-0.2, -0.15) is 11.8 Å². The highest BCUT2D eigenvalue weighted by molar-refractivity contribution is 7.99. The Bertz CT molecular complexity index is 377. The highest BCUT2D eigenvalue weighted by Gasteiger charge is 2.23. The summed E-state index contributed by atoms with van der Waals surface area (Å²) >= 11 is 14.1. The van der Waals surface area contributed by atoms with Gasteiger partial charge in [0.15, 0.2) is 0 Å². The maximum atomic E-state index is 5.99. The van der Waals surface area contributed by atoms with E-state index in [0.717, 1.165) is 11.8 Å². The first-order valence-corrected chi connectivity index (χ1v) is 8.27. The van der Waals surface area contributed by atoms with Crippen molar-refractivity contribution in [2.24, 2.45) is 0 Å². The molecule has 1 aromatic carbocycles. The van der Waals surface area contributed by atoms with Crippen molar-refractivity contribution in [1.82, 2.24) is 5.32 Å². The molecule has 2 unspecified atom stereocenters. The van der Waals surface area contributed by atoms with Gasteiger partial charge in [0, 0.05) is 27.9 Å². The Morgan fingerprint density at radius 1 is 1.22 bits per heavy atom. The van der Waals surface area contributed by atoms with Gasteiger partial charge in [-0.1, -0.05) is 30.1 Å². The topological polar surface area (TPSA) is 12.0 Å². The normalized spacial score (nSPS) is 23.5. The van der Waals surface area contributed by atoms with Crippen molar-refractivity contribution in [3.8, 4) is 0 Å². The summed E-state index contributed by atoms with van der Waals surface area (Å²) in [5.74, 6) is 1.22. The van der Waals surface area contributed by atoms with Gasteiger partial charge in [0.2, 0.25) is 0 Å². The molecule has 2 rings (SSSR count). The summed E-state index contributed by atoms with van der Waals surface area (Å²) in [4.78, 5) is 0. The van der Waals surface area contributed by atoms with Gasteiger partial charge in [-0.15, -0.1) is 0 Å². The molecule has 1 nitrogen and oxygen atoms in total. The molecule has 100 valence electrons. The van der Waals surface area contributed by atoms with E-state index in [4.69, 9.17) is 23.2 Å². The van der Waals surface area contributed by atoms with Gasteiger partial charge >= 0.3 is 0 Å². The van der Waals surface area contributed by atoms with Crippen LogP contribution in [-0.2, 0) is 6.54 Å². The van der Waals surface area contributed by atoms with E-state index in [1.54, 1.807) is 6.07 Å². The molecule has 1 aliphatic rings. The molecule has 0 aliphatic heterocycles. The fourth-order valence-corrected chi connectivity index (χ4v) is 4.20. The molecule has 0 bridgehead atoms. The Morgan fingerprint density at radius 3 is 2.61 bits per heavy atom. The van der Waals surface area contributed by atoms with E-state index in [1.807, 2.05) is 12.1 Å². The van der Waals surface area contributed by atoms with E-state index < -0.39 is 0 Å². The predicted octanol–water partition coefficient (Wildman–Crippen LogP) is 4.76. The maximum Gasteiger partial charge on any atom is 0.0424 e. The molecule has 1 N–H and O–H groups in total. The zero-order chi connectivity index (χ0) is 13.0. The molecule has 0 aromatic heterocycles. The Morgan fingerprint density at radius 2 is 1.94 bits per heavy atom. The summed E-state index contributed by atoms with van der Waals surface area (Å²) in [6, 6.07) is 6.38. The Labute approximate surface area is 124 Å². The smallest absolute Gasteiger partial charge is 0.0424 e. The van der Waals surface area contributed by atoms with Gasteiger partial charge in [0.05, 0.1) is 0 Å². The third-order valence-corrected chi connectivity index (χ3v) is 4.97. The molecule has 2 atom stereocenters. The van der Waals surface area contributed by atoms with E-state index in [9.17, 15) is 0 Å². The number of nitrogens with one attached hydrogen (secondary N) is 1. The predicted molar refractivity (Wildman–Crippen MR) is 82.9 cm³/mol. The first kappa shape index (κ1) is 14.5. The quantitative estimate of drug-likeness (QED) is 0.842. The molecule has 0 spiro atoms. The fraction of sp³-hybridized carbons (Fsp3) is 0.571. The average molecular weight is 304 g/mol. The van der Waals surface area contributed by atoms with Gasteiger partial charge in [0.25, 0.3) is 0 Å². The molecule has 0 heterocycles. The summed E-state index contributed by atoms with van der Waals surface area (Å²) in [6.45, 7) is 3.09. The van der Waals surface area contributed by atoms with Crippen LogP contribution in [0.25, 0.3) is 0 Å². The van der Waals surface area contributed by atoms with Gasteiger partial charge in [-0.25, -0.2) is 0 Å². The molecule has 1 saturated carbocycles. The second-order valence-electron chi connectivity index (χ2n) is 4.75. The lowest BCUT2D eigenvalue weighted by molar-refractivity contribution is 0.525. The van der Waals surface area contributed by atoms with Crippen LogP contribution in [0.2, 0.25) is 10.0 Å². The van der Waals surface area contributed by atoms with Crippen LogP contribution in [0.4, 0.5) is 0 Å². The molecule has 0 radical (unpaired) electrons. The van der Waals surface area contributed by atoms with E-state index in [2.05, 4.69) is 24.0 Å². The lowest BCUT2D eigenvalue weighted by atomic mass is 10.2. The summed E-state index contributed by atoms with van der Waals surface area (Å²) in [6.07, 6.45) is 3.91. The van der Waals surface area contributed by atoms with Crippen molar-refractivity contribution in [2.75, 3.05) is 5.75 Å². The lowest BCUT2D eigenvalue weighted by Crippen LogP contribution is -2.26.